The minimum absolute atomic E-state index is 0.0731. The summed E-state index contributed by atoms with van der Waals surface area (Å²) in [6.45, 7) is 3.64. The minimum atomic E-state index is -0.126. The molecule has 4 rings (SSSR count). The molecule has 0 saturated carbocycles. The molecule has 0 radical (unpaired) electrons. The Hall–Kier alpha value is -3.23. The Kier molecular flexibility index (Phi) is 6.76. The highest BCUT2D eigenvalue weighted by molar-refractivity contribution is 7.99. The Morgan fingerprint density at radius 3 is 2.45 bits per heavy atom. The number of anilines is 1. The number of Topliss-reactive ketones (excluding diaryl/α,β-unsaturated/α-hetero) is 1. The number of carbonyl (C=O) groups excluding carboxylic acids is 2. The Balaban J connectivity index is 1.50. The highest BCUT2D eigenvalue weighted by Crippen LogP contribution is 2.32. The molecule has 0 aliphatic rings. The molecule has 0 spiro atoms. The van der Waals surface area contributed by atoms with Crippen molar-refractivity contribution in [3.05, 3.63) is 76.6 Å². The van der Waals surface area contributed by atoms with Crippen molar-refractivity contribution in [2.24, 2.45) is 13.0 Å². The Morgan fingerprint density at radius 1 is 1.09 bits per heavy atom. The van der Waals surface area contributed by atoms with E-state index in [1.165, 1.54) is 27.7 Å². The molecule has 0 atom stereocenters. The van der Waals surface area contributed by atoms with Crippen LogP contribution in [0.4, 0.5) is 5.69 Å². The Bertz CT molecular complexity index is 1370. The molecule has 8 heteroatoms. The Morgan fingerprint density at radius 2 is 1.79 bits per heavy atom. The molecule has 1 amide bonds. The van der Waals surface area contributed by atoms with Gasteiger partial charge in [0.25, 0.3) is 5.56 Å². The van der Waals surface area contributed by atoms with Gasteiger partial charge in [0, 0.05) is 29.1 Å². The van der Waals surface area contributed by atoms with Crippen LogP contribution in [0.3, 0.4) is 0 Å². The maximum atomic E-state index is 12.9. The van der Waals surface area contributed by atoms with Crippen LogP contribution in [0.15, 0.2) is 70.6 Å². The number of nitrogens with zero attached hydrogens (tertiary/aromatic N) is 2. The normalized spacial score (nSPS) is 11.2. The molecule has 2 aromatic carbocycles. The summed E-state index contributed by atoms with van der Waals surface area (Å²) in [7, 11) is 1.67. The van der Waals surface area contributed by atoms with Gasteiger partial charge in [0.1, 0.15) is 4.83 Å². The smallest absolute Gasteiger partial charge is 0.262 e. The number of hydrogen-bond acceptors (Lipinski definition) is 6. The summed E-state index contributed by atoms with van der Waals surface area (Å²) in [4.78, 5) is 43.7. The van der Waals surface area contributed by atoms with Gasteiger partial charge in [0.15, 0.2) is 10.9 Å². The van der Waals surface area contributed by atoms with E-state index in [0.717, 1.165) is 10.4 Å². The number of thiophene rings is 1. The van der Waals surface area contributed by atoms with Crippen LogP contribution >= 0.6 is 23.1 Å². The van der Waals surface area contributed by atoms with Crippen LogP contribution in [0.25, 0.3) is 20.7 Å². The molecule has 1 N–H and O–H groups in total. The van der Waals surface area contributed by atoms with Gasteiger partial charge < -0.3 is 5.32 Å². The fraction of sp³-hybridized carbons (Fsp3) is 0.200. The molecule has 0 aliphatic carbocycles. The number of rotatable bonds is 7. The summed E-state index contributed by atoms with van der Waals surface area (Å²) in [5, 5.41) is 3.89. The topological polar surface area (TPSA) is 81.1 Å². The van der Waals surface area contributed by atoms with Crippen LogP contribution in [0.5, 0.6) is 0 Å². The molecule has 0 fully saturated rings. The molecule has 6 nitrogen and oxygen atoms in total. The first-order chi connectivity index (χ1) is 15.8. The van der Waals surface area contributed by atoms with Crippen molar-refractivity contribution < 1.29 is 9.59 Å². The number of nitrogens with one attached hydrogen (secondary N) is 1. The van der Waals surface area contributed by atoms with E-state index in [4.69, 9.17) is 0 Å². The predicted octanol–water partition coefficient (Wildman–Crippen LogP) is 5.23. The SMILES string of the molecule is CC(C)C(=O)Nc1ccc(C(=O)CSc2nc3sc(-c4ccccc4)cc3c(=O)n2C)cc1. The number of aromatic nitrogens is 2. The molecular formula is C25H23N3O3S2. The first kappa shape index (κ1) is 22.9. The van der Waals surface area contributed by atoms with Gasteiger partial charge in [-0.05, 0) is 35.9 Å². The lowest BCUT2D eigenvalue weighted by Gasteiger charge is -2.09. The third-order valence-corrected chi connectivity index (χ3v) is 7.23. The molecule has 2 aromatic heterocycles. The van der Waals surface area contributed by atoms with Crippen LogP contribution in [-0.2, 0) is 11.8 Å². The van der Waals surface area contributed by atoms with E-state index in [9.17, 15) is 14.4 Å². The maximum Gasteiger partial charge on any atom is 0.262 e. The molecule has 168 valence electrons. The number of amides is 1. The second-order valence-electron chi connectivity index (χ2n) is 7.89. The van der Waals surface area contributed by atoms with Gasteiger partial charge in [0.05, 0.1) is 11.1 Å². The fourth-order valence-electron chi connectivity index (χ4n) is 3.16. The van der Waals surface area contributed by atoms with E-state index in [2.05, 4.69) is 10.3 Å². The van der Waals surface area contributed by atoms with Crippen molar-refractivity contribution in [1.82, 2.24) is 9.55 Å². The molecule has 33 heavy (non-hydrogen) atoms. The first-order valence-electron chi connectivity index (χ1n) is 10.5. The molecular weight excluding hydrogens is 454 g/mol. The van der Waals surface area contributed by atoms with Crippen molar-refractivity contribution >= 4 is 50.7 Å². The molecule has 4 aromatic rings. The molecule has 0 unspecified atom stereocenters. The number of benzene rings is 2. The zero-order chi connectivity index (χ0) is 23.5. The van der Waals surface area contributed by atoms with Gasteiger partial charge in [-0.1, -0.05) is 55.9 Å². The zero-order valence-electron chi connectivity index (χ0n) is 18.5. The minimum Gasteiger partial charge on any atom is -0.326 e. The number of thioether (sulfide) groups is 1. The maximum absolute atomic E-state index is 12.9. The van der Waals surface area contributed by atoms with Gasteiger partial charge in [-0.2, -0.15) is 0 Å². The van der Waals surface area contributed by atoms with Crippen LogP contribution < -0.4 is 10.9 Å². The summed E-state index contributed by atoms with van der Waals surface area (Å²) < 4.78 is 1.49. The average Bonchev–Trinajstić information content (AvgIpc) is 3.25. The predicted molar refractivity (Wildman–Crippen MR) is 135 cm³/mol. The summed E-state index contributed by atoms with van der Waals surface area (Å²) in [6.07, 6.45) is 0. The van der Waals surface area contributed by atoms with Crippen LogP contribution in [0, 0.1) is 5.92 Å². The third kappa shape index (κ3) is 5.07. The second kappa shape index (κ2) is 9.72. The van der Waals surface area contributed by atoms with E-state index >= 15 is 0 Å². The zero-order valence-corrected chi connectivity index (χ0v) is 20.1. The van der Waals surface area contributed by atoms with Crippen molar-refractivity contribution in [1.29, 1.82) is 0 Å². The number of carbonyl (C=O) groups is 2. The lowest BCUT2D eigenvalue weighted by atomic mass is 10.1. The van der Waals surface area contributed by atoms with Gasteiger partial charge in [-0.15, -0.1) is 11.3 Å². The van der Waals surface area contributed by atoms with Crippen molar-refractivity contribution in [2.45, 2.75) is 19.0 Å². The van der Waals surface area contributed by atoms with Gasteiger partial charge in [-0.3, -0.25) is 19.0 Å². The van der Waals surface area contributed by atoms with Crippen molar-refractivity contribution in [3.8, 4) is 10.4 Å². The highest BCUT2D eigenvalue weighted by Gasteiger charge is 2.15. The van der Waals surface area contributed by atoms with E-state index in [-0.39, 0.29) is 28.9 Å². The highest BCUT2D eigenvalue weighted by atomic mass is 32.2. The van der Waals surface area contributed by atoms with E-state index in [1.54, 1.807) is 31.3 Å². The van der Waals surface area contributed by atoms with Crippen LogP contribution in [0.2, 0.25) is 0 Å². The number of hydrogen-bond donors (Lipinski definition) is 1. The first-order valence-corrected chi connectivity index (χ1v) is 12.3. The summed E-state index contributed by atoms with van der Waals surface area (Å²) in [5.74, 6) is -0.116. The second-order valence-corrected chi connectivity index (χ2v) is 9.86. The third-order valence-electron chi connectivity index (χ3n) is 5.12. The van der Waals surface area contributed by atoms with Crippen LogP contribution in [0.1, 0.15) is 24.2 Å². The molecule has 0 bridgehead atoms. The quantitative estimate of drug-likeness (QED) is 0.224. The number of ketones is 1. The van der Waals surface area contributed by atoms with Crippen LogP contribution in [-0.4, -0.2) is 27.0 Å². The lowest BCUT2D eigenvalue weighted by molar-refractivity contribution is -0.118. The molecule has 0 aliphatic heterocycles. The average molecular weight is 478 g/mol. The molecule has 0 saturated heterocycles. The summed E-state index contributed by atoms with van der Waals surface area (Å²) >= 11 is 2.71. The van der Waals surface area contributed by atoms with Gasteiger partial charge in [0.2, 0.25) is 5.91 Å². The van der Waals surface area contributed by atoms with E-state index in [1.807, 2.05) is 50.2 Å². The van der Waals surface area contributed by atoms with Crippen molar-refractivity contribution in [2.75, 3.05) is 11.1 Å². The van der Waals surface area contributed by atoms with Crippen molar-refractivity contribution in [3.63, 3.8) is 0 Å². The van der Waals surface area contributed by atoms with Gasteiger partial charge >= 0.3 is 0 Å². The Labute approximate surface area is 199 Å². The summed E-state index contributed by atoms with van der Waals surface area (Å²) in [6, 6.07) is 18.6. The fourth-order valence-corrected chi connectivity index (χ4v) is 5.10. The molecule has 2 heterocycles. The largest absolute Gasteiger partial charge is 0.326 e. The van der Waals surface area contributed by atoms with E-state index < -0.39 is 0 Å². The van der Waals surface area contributed by atoms with Gasteiger partial charge in [-0.25, -0.2) is 4.98 Å². The standard InChI is InChI=1S/C25H23N3O3S2/c1-15(2)22(30)26-18-11-9-16(10-12-18)20(29)14-32-25-27-23-19(24(31)28(25)3)13-21(33-23)17-7-5-4-6-8-17/h4-13,15H,14H2,1-3H3,(H,26,30). The summed E-state index contributed by atoms with van der Waals surface area (Å²) in [5.41, 5.74) is 2.11. The monoisotopic (exact) mass is 477 g/mol. The number of fused-ring (bicyclic) bond motifs is 1. The lowest BCUT2D eigenvalue weighted by Crippen LogP contribution is -2.19. The van der Waals surface area contributed by atoms with E-state index in [0.29, 0.717) is 26.6 Å².